The van der Waals surface area contributed by atoms with Crippen LogP contribution in [0.25, 0.3) is 11.1 Å². The molecule has 6 nitrogen and oxygen atoms in total. The van der Waals surface area contributed by atoms with Gasteiger partial charge in [0.15, 0.2) is 0 Å². The molecule has 0 saturated carbocycles. The molecule has 0 saturated heterocycles. The van der Waals surface area contributed by atoms with Crippen LogP contribution in [0.2, 0.25) is 0 Å². The van der Waals surface area contributed by atoms with Gasteiger partial charge in [0, 0.05) is 23.0 Å². The van der Waals surface area contributed by atoms with Crippen LogP contribution in [0.3, 0.4) is 0 Å². The predicted molar refractivity (Wildman–Crippen MR) is 117 cm³/mol. The number of amidine groups is 1. The van der Waals surface area contributed by atoms with Crippen molar-refractivity contribution in [2.45, 2.75) is 25.8 Å². The molecule has 2 aromatic carbocycles. The first-order valence-corrected chi connectivity index (χ1v) is 9.91. The van der Waals surface area contributed by atoms with Gasteiger partial charge in [0.2, 0.25) is 5.91 Å². The second-order valence-corrected chi connectivity index (χ2v) is 7.31. The maximum absolute atomic E-state index is 13.2. The number of ether oxygens (including phenoxy) is 1. The zero-order valence-corrected chi connectivity index (χ0v) is 17.0. The summed E-state index contributed by atoms with van der Waals surface area (Å²) < 4.78 is 5.76. The fraction of sp³-hybridized carbons (Fsp3) is 0.208. The number of rotatable bonds is 5. The van der Waals surface area contributed by atoms with Crippen LogP contribution in [0.1, 0.15) is 20.3 Å². The summed E-state index contributed by atoms with van der Waals surface area (Å²) in [6.45, 7) is 4.16. The van der Waals surface area contributed by atoms with E-state index < -0.39 is 5.54 Å². The SMILES string of the molecule is CCOc1ccccc1-c1ccccc1NC(=O)[C@]1(C)CC(=O)N2C=CC=CC2=N1. The minimum Gasteiger partial charge on any atom is -0.493 e. The number of nitrogens with one attached hydrogen (secondary N) is 1. The normalized spacial score (nSPS) is 19.9. The molecule has 2 heterocycles. The van der Waals surface area contributed by atoms with Crippen molar-refractivity contribution in [3.05, 3.63) is 73.0 Å². The van der Waals surface area contributed by atoms with Crippen molar-refractivity contribution in [3.8, 4) is 16.9 Å². The van der Waals surface area contributed by atoms with Gasteiger partial charge in [0.05, 0.1) is 13.0 Å². The molecule has 6 heteroatoms. The number of carbonyl (C=O) groups is 2. The van der Waals surface area contributed by atoms with Gasteiger partial charge in [-0.15, -0.1) is 0 Å². The van der Waals surface area contributed by atoms with Gasteiger partial charge in [-0.2, -0.15) is 0 Å². The highest BCUT2D eigenvalue weighted by atomic mass is 16.5. The Morgan fingerprint density at radius 2 is 1.87 bits per heavy atom. The number of anilines is 1. The molecule has 4 rings (SSSR count). The third-order valence-corrected chi connectivity index (χ3v) is 5.11. The Morgan fingerprint density at radius 1 is 1.13 bits per heavy atom. The van der Waals surface area contributed by atoms with E-state index in [1.54, 1.807) is 31.4 Å². The highest BCUT2D eigenvalue weighted by Crippen LogP contribution is 2.36. The number of nitrogens with zero attached hydrogens (tertiary/aromatic N) is 2. The Morgan fingerprint density at radius 3 is 2.67 bits per heavy atom. The molecule has 2 aliphatic rings. The second kappa shape index (κ2) is 7.99. The van der Waals surface area contributed by atoms with Crippen LogP contribution in [0.5, 0.6) is 5.75 Å². The van der Waals surface area contributed by atoms with Crippen LogP contribution in [-0.4, -0.2) is 34.7 Å². The van der Waals surface area contributed by atoms with Crippen molar-refractivity contribution in [1.82, 2.24) is 4.90 Å². The zero-order valence-electron chi connectivity index (χ0n) is 17.0. The third-order valence-electron chi connectivity index (χ3n) is 5.11. The minimum absolute atomic E-state index is 0.00177. The molecule has 2 amide bonds. The molecular formula is C24H23N3O3. The van der Waals surface area contributed by atoms with E-state index in [2.05, 4.69) is 10.3 Å². The molecule has 1 N–H and O–H groups in total. The molecular weight excluding hydrogens is 378 g/mol. The summed E-state index contributed by atoms with van der Waals surface area (Å²) in [5.41, 5.74) is 1.18. The Kier molecular flexibility index (Phi) is 5.23. The molecule has 0 aromatic heterocycles. The fourth-order valence-electron chi connectivity index (χ4n) is 3.59. The van der Waals surface area contributed by atoms with E-state index in [-0.39, 0.29) is 18.2 Å². The summed E-state index contributed by atoms with van der Waals surface area (Å²) in [6, 6.07) is 15.3. The smallest absolute Gasteiger partial charge is 0.252 e. The first-order valence-electron chi connectivity index (χ1n) is 9.91. The highest BCUT2D eigenvalue weighted by molar-refractivity contribution is 6.13. The lowest BCUT2D eigenvalue weighted by molar-refractivity contribution is -0.132. The summed E-state index contributed by atoms with van der Waals surface area (Å²) >= 11 is 0. The standard InChI is InChI=1S/C24H23N3O3/c1-3-30-20-13-7-5-11-18(20)17-10-4-6-12-19(17)25-23(29)24(2)16-22(28)27-15-9-8-14-21(27)26-24/h4-15H,3,16H2,1-2H3,(H,25,29)/t24-/m0/s1. The molecule has 1 atom stereocenters. The molecule has 152 valence electrons. The number of aliphatic imine (C=N–C) groups is 1. The first kappa shape index (κ1) is 19.6. The minimum atomic E-state index is -1.19. The van der Waals surface area contributed by atoms with Crippen molar-refractivity contribution in [3.63, 3.8) is 0 Å². The largest absolute Gasteiger partial charge is 0.493 e. The number of hydrogen-bond donors (Lipinski definition) is 1. The molecule has 0 spiro atoms. The van der Waals surface area contributed by atoms with E-state index >= 15 is 0 Å². The third kappa shape index (κ3) is 3.64. The van der Waals surface area contributed by atoms with E-state index in [1.807, 2.05) is 55.5 Å². The number of amides is 2. The van der Waals surface area contributed by atoms with Gasteiger partial charge in [-0.3, -0.25) is 19.5 Å². The van der Waals surface area contributed by atoms with E-state index in [0.717, 1.165) is 16.9 Å². The number of para-hydroxylation sites is 2. The number of carbonyl (C=O) groups excluding carboxylic acids is 2. The lowest BCUT2D eigenvalue weighted by atomic mass is 9.93. The quantitative estimate of drug-likeness (QED) is 0.818. The van der Waals surface area contributed by atoms with Gasteiger partial charge in [0.25, 0.3) is 5.91 Å². The van der Waals surface area contributed by atoms with Crippen LogP contribution in [0, 0.1) is 0 Å². The average molecular weight is 401 g/mol. The highest BCUT2D eigenvalue weighted by Gasteiger charge is 2.42. The van der Waals surface area contributed by atoms with Gasteiger partial charge >= 0.3 is 0 Å². The topological polar surface area (TPSA) is 71.0 Å². The van der Waals surface area contributed by atoms with Crippen LogP contribution < -0.4 is 10.1 Å². The van der Waals surface area contributed by atoms with Gasteiger partial charge in [-0.25, -0.2) is 0 Å². The van der Waals surface area contributed by atoms with Crippen molar-refractivity contribution in [2.24, 2.45) is 4.99 Å². The summed E-state index contributed by atoms with van der Waals surface area (Å²) in [6.07, 6.45) is 6.96. The molecule has 30 heavy (non-hydrogen) atoms. The van der Waals surface area contributed by atoms with Crippen LogP contribution >= 0.6 is 0 Å². The molecule has 2 aromatic rings. The molecule has 0 aliphatic carbocycles. The summed E-state index contributed by atoms with van der Waals surface area (Å²) in [4.78, 5) is 31.9. The number of benzene rings is 2. The van der Waals surface area contributed by atoms with Gasteiger partial charge < -0.3 is 10.1 Å². The van der Waals surface area contributed by atoms with Crippen molar-refractivity contribution in [1.29, 1.82) is 0 Å². The number of fused-ring (bicyclic) bond motifs is 1. The Hall–Kier alpha value is -3.67. The van der Waals surface area contributed by atoms with E-state index in [4.69, 9.17) is 4.74 Å². The van der Waals surface area contributed by atoms with Crippen molar-refractivity contribution < 1.29 is 14.3 Å². The Labute approximate surface area is 175 Å². The monoisotopic (exact) mass is 401 g/mol. The van der Waals surface area contributed by atoms with Crippen molar-refractivity contribution in [2.75, 3.05) is 11.9 Å². The maximum atomic E-state index is 13.2. The van der Waals surface area contributed by atoms with Crippen molar-refractivity contribution >= 4 is 23.3 Å². The Balaban J connectivity index is 1.66. The summed E-state index contributed by atoms with van der Waals surface area (Å²) in [5, 5.41) is 2.99. The molecule has 0 bridgehead atoms. The van der Waals surface area contributed by atoms with E-state index in [1.165, 1.54) is 4.90 Å². The summed E-state index contributed by atoms with van der Waals surface area (Å²) in [7, 11) is 0. The average Bonchev–Trinajstić information content (AvgIpc) is 2.75. The second-order valence-electron chi connectivity index (χ2n) is 7.31. The number of allylic oxidation sites excluding steroid dienone is 2. The Bertz CT molecular complexity index is 1090. The van der Waals surface area contributed by atoms with E-state index in [9.17, 15) is 9.59 Å². The molecule has 2 aliphatic heterocycles. The lowest BCUT2D eigenvalue weighted by Crippen LogP contribution is -2.50. The molecule has 0 radical (unpaired) electrons. The fourth-order valence-corrected chi connectivity index (χ4v) is 3.59. The molecule has 0 unspecified atom stereocenters. The van der Waals surface area contributed by atoms with E-state index in [0.29, 0.717) is 18.1 Å². The van der Waals surface area contributed by atoms with Crippen LogP contribution in [0.15, 0.2) is 78.0 Å². The zero-order chi connectivity index (χ0) is 21.1. The van der Waals surface area contributed by atoms with Crippen LogP contribution in [-0.2, 0) is 9.59 Å². The molecule has 0 fully saturated rings. The predicted octanol–water partition coefficient (Wildman–Crippen LogP) is 4.16. The lowest BCUT2D eigenvalue weighted by Gasteiger charge is -2.34. The maximum Gasteiger partial charge on any atom is 0.252 e. The number of hydrogen-bond acceptors (Lipinski definition) is 4. The van der Waals surface area contributed by atoms with Crippen LogP contribution in [0.4, 0.5) is 5.69 Å². The van der Waals surface area contributed by atoms with Gasteiger partial charge in [-0.05, 0) is 38.1 Å². The van der Waals surface area contributed by atoms with Gasteiger partial charge in [-0.1, -0.05) is 42.5 Å². The summed E-state index contributed by atoms with van der Waals surface area (Å²) in [5.74, 6) is 0.734. The first-order chi connectivity index (χ1) is 14.5. The van der Waals surface area contributed by atoms with Gasteiger partial charge in [0.1, 0.15) is 17.1 Å².